The van der Waals surface area contributed by atoms with Gasteiger partial charge in [0.05, 0.1) is 13.0 Å². The average Bonchev–Trinajstić information content (AvgIpc) is 2.92. The third-order valence-corrected chi connectivity index (χ3v) is 6.41. The topological polar surface area (TPSA) is 198 Å². The number of carbonyl (C=O) groups is 5. The number of phenolic OH excluding ortho intramolecular Hbond substituents is 1. The molecule has 2 rings (SSSR count). The maximum Gasteiger partial charge on any atom is 0.408 e. The molecule has 4 amide bonds. The Morgan fingerprint density at radius 2 is 1.50 bits per heavy atom. The molecule has 0 saturated carbocycles. The Kier molecular flexibility index (Phi) is 13.1. The molecule has 0 spiro atoms. The van der Waals surface area contributed by atoms with Gasteiger partial charge in [0.25, 0.3) is 0 Å². The van der Waals surface area contributed by atoms with Crippen molar-refractivity contribution < 1.29 is 43.7 Å². The van der Waals surface area contributed by atoms with Crippen LogP contribution >= 0.6 is 0 Å². The molecule has 13 nitrogen and oxygen atoms in total. The summed E-state index contributed by atoms with van der Waals surface area (Å²) < 4.78 is 10.8. The van der Waals surface area contributed by atoms with E-state index in [1.807, 2.05) is 0 Å². The van der Waals surface area contributed by atoms with Gasteiger partial charge in [-0.3, -0.25) is 14.4 Å². The number of hydrogen-bond donors (Lipinski definition) is 5. The second kappa shape index (κ2) is 16.1. The molecule has 0 aliphatic carbocycles. The highest BCUT2D eigenvalue weighted by Gasteiger charge is 2.39. The lowest BCUT2D eigenvalue weighted by atomic mass is 9.98. The van der Waals surface area contributed by atoms with E-state index < -0.39 is 78.7 Å². The van der Waals surface area contributed by atoms with Crippen molar-refractivity contribution in [3.8, 4) is 5.75 Å². The Morgan fingerprint density at radius 3 is 2.02 bits per heavy atom. The van der Waals surface area contributed by atoms with Crippen molar-refractivity contribution in [1.29, 1.82) is 0 Å². The summed E-state index contributed by atoms with van der Waals surface area (Å²) in [7, 11) is 0. The van der Waals surface area contributed by atoms with E-state index in [9.17, 15) is 34.2 Å². The van der Waals surface area contributed by atoms with Crippen molar-refractivity contribution in [1.82, 2.24) is 15.5 Å². The molecule has 0 aromatic heterocycles. The summed E-state index contributed by atoms with van der Waals surface area (Å²) in [6.07, 6.45) is -1.59. The zero-order valence-corrected chi connectivity index (χ0v) is 27.5. The summed E-state index contributed by atoms with van der Waals surface area (Å²) in [5.41, 5.74) is 4.91. The molecule has 2 aromatic carbocycles. The monoisotopic (exact) mass is 642 g/mol. The van der Waals surface area contributed by atoms with Crippen LogP contribution in [-0.4, -0.2) is 81.3 Å². The van der Waals surface area contributed by atoms with Gasteiger partial charge in [0.15, 0.2) is 0 Å². The van der Waals surface area contributed by atoms with Crippen LogP contribution in [0.3, 0.4) is 0 Å². The van der Waals surface area contributed by atoms with Crippen LogP contribution in [0.15, 0.2) is 48.5 Å². The smallest absolute Gasteiger partial charge is 0.408 e. The molecule has 0 aliphatic rings. The number of ether oxygens (including phenoxy) is 2. The Bertz CT molecular complexity index is 1380. The number of nitrogens with two attached hydrogens (primary N) is 1. The van der Waals surface area contributed by atoms with Crippen LogP contribution < -0.4 is 16.4 Å². The van der Waals surface area contributed by atoms with E-state index in [0.717, 1.165) is 10.5 Å². The number of carbonyl (C=O) groups excluding carboxylic acids is 5. The molecule has 13 heteroatoms. The van der Waals surface area contributed by atoms with Gasteiger partial charge in [-0.1, -0.05) is 36.4 Å². The SMILES string of the molecule is Cc1cc(C(C(=O)NC(Cc2ccccc2)C(=O)OC(C)(C)C)N(CCO)C(=O)C(CC(N)=O)NC(=O)OC(C)(C)C)ccc1O. The van der Waals surface area contributed by atoms with Gasteiger partial charge in [0, 0.05) is 13.0 Å². The molecular formula is C33H46N4O9. The number of benzene rings is 2. The molecule has 46 heavy (non-hydrogen) atoms. The minimum absolute atomic E-state index is 0.0568. The van der Waals surface area contributed by atoms with Crippen LogP contribution in [0.25, 0.3) is 0 Å². The Balaban J connectivity index is 2.62. The van der Waals surface area contributed by atoms with Crippen molar-refractivity contribution >= 4 is 29.8 Å². The first-order chi connectivity index (χ1) is 21.3. The van der Waals surface area contributed by atoms with Gasteiger partial charge >= 0.3 is 12.1 Å². The van der Waals surface area contributed by atoms with Gasteiger partial charge in [0.2, 0.25) is 17.7 Å². The lowest BCUT2D eigenvalue weighted by molar-refractivity contribution is -0.159. The molecule has 6 N–H and O–H groups in total. The lowest BCUT2D eigenvalue weighted by Gasteiger charge is -2.35. The molecule has 3 atom stereocenters. The summed E-state index contributed by atoms with van der Waals surface area (Å²) in [5.74, 6) is -3.47. The van der Waals surface area contributed by atoms with Crippen molar-refractivity contribution in [2.45, 2.75) is 90.6 Å². The minimum Gasteiger partial charge on any atom is -0.508 e. The number of nitrogens with one attached hydrogen (secondary N) is 2. The zero-order chi connectivity index (χ0) is 34.8. The number of nitrogens with zero attached hydrogens (tertiary/aromatic N) is 1. The number of aliphatic hydroxyl groups excluding tert-OH is 1. The highest BCUT2D eigenvalue weighted by atomic mass is 16.6. The number of hydrogen-bond acceptors (Lipinski definition) is 9. The Hall–Kier alpha value is -4.65. The number of amides is 4. The number of alkyl carbamates (subject to hydrolysis) is 1. The molecule has 2 aromatic rings. The first kappa shape index (κ1) is 37.5. The van der Waals surface area contributed by atoms with Crippen molar-refractivity contribution in [2.75, 3.05) is 13.2 Å². The number of aliphatic hydroxyl groups is 1. The second-order valence-corrected chi connectivity index (χ2v) is 12.9. The highest BCUT2D eigenvalue weighted by Crippen LogP contribution is 2.28. The van der Waals surface area contributed by atoms with Crippen LogP contribution in [0.1, 0.15) is 70.7 Å². The predicted octanol–water partition coefficient (Wildman–Crippen LogP) is 2.40. The van der Waals surface area contributed by atoms with E-state index in [1.54, 1.807) is 78.8 Å². The largest absolute Gasteiger partial charge is 0.508 e. The molecule has 0 radical (unpaired) electrons. The van der Waals surface area contributed by atoms with Gasteiger partial charge in [-0.05, 0) is 77.3 Å². The van der Waals surface area contributed by atoms with E-state index in [-0.39, 0.29) is 17.7 Å². The van der Waals surface area contributed by atoms with Crippen molar-refractivity contribution in [3.05, 3.63) is 65.2 Å². The third-order valence-electron chi connectivity index (χ3n) is 6.41. The van der Waals surface area contributed by atoms with Gasteiger partial charge in [-0.15, -0.1) is 0 Å². The summed E-state index contributed by atoms with van der Waals surface area (Å²) in [6.45, 7) is 10.5. The van der Waals surface area contributed by atoms with Gasteiger partial charge in [0.1, 0.15) is 35.1 Å². The van der Waals surface area contributed by atoms with E-state index >= 15 is 0 Å². The summed E-state index contributed by atoms with van der Waals surface area (Å²) in [6, 6.07) is 8.88. The zero-order valence-electron chi connectivity index (χ0n) is 27.5. The summed E-state index contributed by atoms with van der Waals surface area (Å²) in [4.78, 5) is 67.2. The normalized spacial score (nSPS) is 13.5. The fourth-order valence-electron chi connectivity index (χ4n) is 4.51. The molecule has 0 saturated heterocycles. The molecule has 0 aliphatic heterocycles. The fourth-order valence-corrected chi connectivity index (χ4v) is 4.51. The summed E-state index contributed by atoms with van der Waals surface area (Å²) >= 11 is 0. The van der Waals surface area contributed by atoms with E-state index in [0.29, 0.717) is 5.56 Å². The van der Waals surface area contributed by atoms with Crippen molar-refractivity contribution in [3.63, 3.8) is 0 Å². The number of primary amides is 1. The number of rotatable bonds is 13. The minimum atomic E-state index is -1.57. The molecule has 0 heterocycles. The van der Waals surface area contributed by atoms with Crippen LogP contribution in [0.2, 0.25) is 0 Å². The van der Waals surface area contributed by atoms with Gasteiger partial charge in [-0.2, -0.15) is 0 Å². The fraction of sp³-hybridized carbons (Fsp3) is 0.485. The van der Waals surface area contributed by atoms with E-state index in [4.69, 9.17) is 15.2 Å². The van der Waals surface area contributed by atoms with Gasteiger partial charge < -0.3 is 41.0 Å². The van der Waals surface area contributed by atoms with E-state index in [2.05, 4.69) is 10.6 Å². The van der Waals surface area contributed by atoms with E-state index in [1.165, 1.54) is 18.2 Å². The molecule has 3 unspecified atom stereocenters. The maximum atomic E-state index is 14.2. The van der Waals surface area contributed by atoms with Crippen LogP contribution in [0.4, 0.5) is 4.79 Å². The number of aromatic hydroxyl groups is 1. The number of phenols is 1. The molecular weight excluding hydrogens is 596 g/mol. The highest BCUT2D eigenvalue weighted by molar-refractivity contribution is 5.95. The third kappa shape index (κ3) is 12.0. The van der Waals surface area contributed by atoms with Crippen LogP contribution in [0, 0.1) is 6.92 Å². The quantitative estimate of drug-likeness (QED) is 0.204. The maximum absolute atomic E-state index is 14.2. The first-order valence-corrected chi connectivity index (χ1v) is 14.9. The Morgan fingerprint density at radius 1 is 0.891 bits per heavy atom. The molecule has 252 valence electrons. The first-order valence-electron chi connectivity index (χ1n) is 14.9. The van der Waals surface area contributed by atoms with Crippen molar-refractivity contribution in [2.24, 2.45) is 5.73 Å². The number of esters is 1. The molecule has 0 fully saturated rings. The average molecular weight is 643 g/mol. The standard InChI is InChI=1S/C33H46N4O9/c1-20-17-22(13-14-25(20)39)27(28(41)35-24(30(43)45-32(2,3)4)18-21-11-9-8-10-12-21)37(15-16-38)29(42)23(19-26(34)40)36-31(44)46-33(5,6)7/h8-14,17,23-24,27,38-39H,15-16,18-19H2,1-7H3,(H2,34,40)(H,35,41)(H,36,44). The predicted molar refractivity (Wildman–Crippen MR) is 169 cm³/mol. The van der Waals surface area contributed by atoms with Crippen LogP contribution in [-0.2, 0) is 35.1 Å². The summed E-state index contributed by atoms with van der Waals surface area (Å²) in [5, 5.41) is 25.3. The van der Waals surface area contributed by atoms with Crippen LogP contribution in [0.5, 0.6) is 5.75 Å². The number of aryl methyl sites for hydroxylation is 1. The molecule has 0 bridgehead atoms. The Labute approximate surface area is 269 Å². The van der Waals surface area contributed by atoms with Gasteiger partial charge in [-0.25, -0.2) is 9.59 Å². The lowest BCUT2D eigenvalue weighted by Crippen LogP contribution is -2.56. The second-order valence-electron chi connectivity index (χ2n) is 12.9.